The number of carbonyl (C=O) groups excluding carboxylic acids is 2. The molecular formula is C27H26N4O3. The molecule has 1 heterocycles. The first kappa shape index (κ1) is 22.8. The summed E-state index contributed by atoms with van der Waals surface area (Å²) in [6.07, 6.45) is 0.163. The quantitative estimate of drug-likeness (QED) is 0.388. The highest BCUT2D eigenvalue weighted by molar-refractivity contribution is 5.93. The third-order valence-corrected chi connectivity index (χ3v) is 5.28. The van der Waals surface area contributed by atoms with Crippen molar-refractivity contribution < 1.29 is 14.3 Å². The number of hydrogen-bond acceptors (Lipinski definition) is 4. The van der Waals surface area contributed by atoms with E-state index >= 15 is 0 Å². The van der Waals surface area contributed by atoms with Crippen LogP contribution in [0.3, 0.4) is 0 Å². The summed E-state index contributed by atoms with van der Waals surface area (Å²) in [7, 11) is 1.61. The van der Waals surface area contributed by atoms with Gasteiger partial charge < -0.3 is 15.4 Å². The third kappa shape index (κ3) is 5.89. The van der Waals surface area contributed by atoms with Gasteiger partial charge in [-0.25, -0.2) is 4.68 Å². The highest BCUT2D eigenvalue weighted by atomic mass is 16.5. The number of benzene rings is 3. The largest absolute Gasteiger partial charge is 0.497 e. The van der Waals surface area contributed by atoms with E-state index in [0.717, 1.165) is 28.3 Å². The Morgan fingerprint density at radius 2 is 1.50 bits per heavy atom. The van der Waals surface area contributed by atoms with Crippen molar-refractivity contribution in [3.63, 3.8) is 0 Å². The highest BCUT2D eigenvalue weighted by Gasteiger charge is 2.15. The molecule has 0 aliphatic carbocycles. The molecule has 0 bridgehead atoms. The predicted molar refractivity (Wildman–Crippen MR) is 132 cm³/mol. The Bertz CT molecular complexity index is 1240. The van der Waals surface area contributed by atoms with Crippen LogP contribution >= 0.6 is 0 Å². The molecule has 2 amide bonds. The highest BCUT2D eigenvalue weighted by Crippen LogP contribution is 2.26. The maximum absolute atomic E-state index is 12.7. The Kier molecular flexibility index (Phi) is 7.35. The number of ether oxygens (including phenoxy) is 1. The Labute approximate surface area is 198 Å². The number of rotatable bonds is 9. The minimum atomic E-state index is -0.260. The molecule has 4 rings (SSSR count). The number of aromatic nitrogens is 2. The Morgan fingerprint density at radius 3 is 2.18 bits per heavy atom. The maximum atomic E-state index is 12.7. The molecule has 0 saturated heterocycles. The second kappa shape index (κ2) is 11.0. The number of hydrogen-bond donors (Lipinski definition) is 2. The fourth-order valence-electron chi connectivity index (χ4n) is 3.46. The van der Waals surface area contributed by atoms with Crippen LogP contribution in [-0.4, -0.2) is 28.7 Å². The van der Waals surface area contributed by atoms with Crippen LogP contribution < -0.4 is 15.4 Å². The van der Waals surface area contributed by atoms with E-state index in [1.807, 2.05) is 91.0 Å². The molecule has 0 aliphatic rings. The van der Waals surface area contributed by atoms with Gasteiger partial charge in [-0.2, -0.15) is 5.10 Å². The number of amides is 2. The minimum Gasteiger partial charge on any atom is -0.497 e. The average molecular weight is 455 g/mol. The van der Waals surface area contributed by atoms with Crippen LogP contribution in [0.15, 0.2) is 91.0 Å². The predicted octanol–water partition coefficient (Wildman–Crippen LogP) is 4.58. The molecule has 0 radical (unpaired) electrons. The smallest absolute Gasteiger partial charge is 0.226 e. The molecule has 1 aromatic heterocycles. The van der Waals surface area contributed by atoms with Gasteiger partial charge in [-0.15, -0.1) is 0 Å². The molecule has 34 heavy (non-hydrogen) atoms. The van der Waals surface area contributed by atoms with Crippen LogP contribution in [-0.2, 0) is 16.1 Å². The van der Waals surface area contributed by atoms with E-state index in [0.29, 0.717) is 12.4 Å². The van der Waals surface area contributed by atoms with Gasteiger partial charge in [-0.3, -0.25) is 9.59 Å². The van der Waals surface area contributed by atoms with E-state index in [1.54, 1.807) is 11.8 Å². The van der Waals surface area contributed by atoms with E-state index in [4.69, 9.17) is 9.84 Å². The van der Waals surface area contributed by atoms with Gasteiger partial charge in [-0.05, 0) is 29.8 Å². The lowest BCUT2D eigenvalue weighted by molar-refractivity contribution is -0.124. The molecule has 7 nitrogen and oxygen atoms in total. The van der Waals surface area contributed by atoms with Gasteiger partial charge in [0.1, 0.15) is 11.6 Å². The van der Waals surface area contributed by atoms with Gasteiger partial charge in [0.2, 0.25) is 11.8 Å². The molecule has 172 valence electrons. The van der Waals surface area contributed by atoms with Crippen molar-refractivity contribution in [3.05, 3.63) is 96.6 Å². The van der Waals surface area contributed by atoms with E-state index in [1.165, 1.54) is 0 Å². The van der Waals surface area contributed by atoms with Crippen molar-refractivity contribution in [3.8, 4) is 22.7 Å². The zero-order chi connectivity index (χ0) is 23.8. The summed E-state index contributed by atoms with van der Waals surface area (Å²) in [5.74, 6) is 0.821. The molecule has 2 N–H and O–H groups in total. The molecular weight excluding hydrogens is 428 g/mol. The summed E-state index contributed by atoms with van der Waals surface area (Å²) in [4.78, 5) is 24.9. The average Bonchev–Trinajstić information content (AvgIpc) is 3.31. The number of nitrogens with one attached hydrogen (secondary N) is 2. The summed E-state index contributed by atoms with van der Waals surface area (Å²) in [6, 6.07) is 28.6. The van der Waals surface area contributed by atoms with Crippen LogP contribution in [0.1, 0.15) is 18.4 Å². The second-order valence-corrected chi connectivity index (χ2v) is 7.70. The summed E-state index contributed by atoms with van der Waals surface area (Å²) in [6.45, 7) is 0.436. The molecule has 0 spiro atoms. The van der Waals surface area contributed by atoms with E-state index in [2.05, 4.69) is 10.6 Å². The molecule has 4 aromatic rings. The van der Waals surface area contributed by atoms with Crippen LogP contribution in [0, 0.1) is 0 Å². The van der Waals surface area contributed by atoms with Crippen molar-refractivity contribution in [2.45, 2.75) is 19.4 Å². The zero-order valence-electron chi connectivity index (χ0n) is 18.9. The number of nitrogens with zero attached hydrogens (tertiary/aromatic N) is 2. The monoisotopic (exact) mass is 454 g/mol. The van der Waals surface area contributed by atoms with E-state index < -0.39 is 0 Å². The van der Waals surface area contributed by atoms with Gasteiger partial charge >= 0.3 is 0 Å². The van der Waals surface area contributed by atoms with E-state index in [-0.39, 0.29) is 24.7 Å². The Balaban J connectivity index is 1.44. The normalized spacial score (nSPS) is 10.5. The first-order valence-corrected chi connectivity index (χ1v) is 11.0. The van der Waals surface area contributed by atoms with Gasteiger partial charge in [-0.1, -0.05) is 60.7 Å². The molecule has 7 heteroatoms. The van der Waals surface area contributed by atoms with Crippen LogP contribution in [0.25, 0.3) is 16.9 Å². The first-order chi connectivity index (χ1) is 16.6. The number of anilines is 1. The van der Waals surface area contributed by atoms with Crippen LogP contribution in [0.5, 0.6) is 5.75 Å². The standard InChI is InChI=1S/C27H26N4O3/c1-34-23-14-12-22(13-15-23)31-25(18-24(30-31)21-10-6-3-7-11-21)29-27(33)17-16-26(32)28-19-20-8-4-2-5-9-20/h2-15,18H,16-17,19H2,1H3,(H,28,32)(H,29,33). The van der Waals surface area contributed by atoms with E-state index in [9.17, 15) is 9.59 Å². The fraction of sp³-hybridized carbons (Fsp3) is 0.148. The maximum Gasteiger partial charge on any atom is 0.226 e. The lowest BCUT2D eigenvalue weighted by Crippen LogP contribution is -2.24. The second-order valence-electron chi connectivity index (χ2n) is 7.70. The third-order valence-electron chi connectivity index (χ3n) is 5.28. The van der Waals surface area contributed by atoms with Crippen molar-refractivity contribution in [1.82, 2.24) is 15.1 Å². The van der Waals surface area contributed by atoms with Gasteiger partial charge in [0.15, 0.2) is 0 Å². The molecule has 0 fully saturated rings. The minimum absolute atomic E-state index is 0.0646. The van der Waals surface area contributed by atoms with Crippen molar-refractivity contribution in [2.24, 2.45) is 0 Å². The lowest BCUT2D eigenvalue weighted by Gasteiger charge is -2.10. The summed E-state index contributed by atoms with van der Waals surface area (Å²) >= 11 is 0. The van der Waals surface area contributed by atoms with Crippen LogP contribution in [0.2, 0.25) is 0 Å². The molecule has 0 saturated carbocycles. The first-order valence-electron chi connectivity index (χ1n) is 11.0. The summed E-state index contributed by atoms with van der Waals surface area (Å²) < 4.78 is 6.92. The van der Waals surface area contributed by atoms with Crippen LogP contribution in [0.4, 0.5) is 5.82 Å². The fourth-order valence-corrected chi connectivity index (χ4v) is 3.46. The van der Waals surface area contributed by atoms with Gasteiger partial charge in [0.05, 0.1) is 18.5 Å². The molecule has 0 aliphatic heterocycles. The van der Waals surface area contributed by atoms with Gasteiger partial charge in [0, 0.05) is 31.0 Å². The SMILES string of the molecule is COc1ccc(-n2nc(-c3ccccc3)cc2NC(=O)CCC(=O)NCc2ccccc2)cc1. The molecule has 0 atom stereocenters. The zero-order valence-corrected chi connectivity index (χ0v) is 18.9. The topological polar surface area (TPSA) is 85.2 Å². The summed E-state index contributed by atoms with van der Waals surface area (Å²) in [5, 5.41) is 10.5. The number of methoxy groups -OCH3 is 1. The Hall–Kier alpha value is -4.39. The Morgan fingerprint density at radius 1 is 0.853 bits per heavy atom. The summed E-state index contributed by atoms with van der Waals surface area (Å²) in [5.41, 5.74) is 3.45. The van der Waals surface area contributed by atoms with Crippen molar-refractivity contribution in [2.75, 3.05) is 12.4 Å². The van der Waals surface area contributed by atoms with Gasteiger partial charge in [0.25, 0.3) is 0 Å². The number of carbonyl (C=O) groups is 2. The van der Waals surface area contributed by atoms with Crippen molar-refractivity contribution >= 4 is 17.6 Å². The van der Waals surface area contributed by atoms with Crippen molar-refractivity contribution in [1.29, 1.82) is 0 Å². The molecule has 0 unspecified atom stereocenters. The molecule has 3 aromatic carbocycles. The lowest BCUT2D eigenvalue weighted by atomic mass is 10.1.